The number of sulfonamides is 1. The van der Waals surface area contributed by atoms with Crippen LogP contribution >= 0.6 is 0 Å². The molecule has 0 radical (unpaired) electrons. The second-order valence-corrected chi connectivity index (χ2v) is 13.0. The first-order valence-electron chi connectivity index (χ1n) is 13.0. The molecule has 0 N–H and O–H groups in total. The Labute approximate surface area is 192 Å². The highest BCUT2D eigenvalue weighted by molar-refractivity contribution is 7.89. The summed E-state index contributed by atoms with van der Waals surface area (Å²) in [5.74, 6) is -0.135. The summed E-state index contributed by atoms with van der Waals surface area (Å²) >= 11 is 0. The fraction of sp³-hybridized carbons (Fsp3) is 1.00. The molecule has 1 aliphatic heterocycles. The largest absolute Gasteiger partial charge is 0.391 e. The Morgan fingerprint density at radius 2 is 1.66 bits per heavy atom. The van der Waals surface area contributed by atoms with Gasteiger partial charge in [-0.3, -0.25) is 4.90 Å². The third-order valence-corrected chi connectivity index (χ3v) is 11.4. The number of halogens is 3. The van der Waals surface area contributed by atoms with E-state index < -0.39 is 27.4 Å². The molecule has 6 unspecified atom stereocenters. The minimum absolute atomic E-state index is 0.0558. The van der Waals surface area contributed by atoms with Gasteiger partial charge in [0.05, 0.1) is 11.2 Å². The Balaban J connectivity index is 1.39. The number of alkyl halides is 3. The summed E-state index contributed by atoms with van der Waals surface area (Å²) in [6.07, 6.45) is 6.70. The van der Waals surface area contributed by atoms with Crippen LogP contribution in [0.1, 0.15) is 90.4 Å². The van der Waals surface area contributed by atoms with Crippen LogP contribution in [0.15, 0.2) is 0 Å². The van der Waals surface area contributed by atoms with E-state index in [1.54, 1.807) is 4.31 Å². The molecule has 6 atom stereocenters. The fourth-order valence-electron chi connectivity index (χ4n) is 7.30. The van der Waals surface area contributed by atoms with Gasteiger partial charge in [0, 0.05) is 25.2 Å². The van der Waals surface area contributed by atoms with Crippen LogP contribution < -0.4 is 0 Å². The Morgan fingerprint density at radius 3 is 2.41 bits per heavy atom. The lowest BCUT2D eigenvalue weighted by Crippen LogP contribution is -2.49. The SMILES string of the molecule is CCN(C1CCCC(CN2CCC3CCCCC32)C1)S(=O)(=O)C1CCCC(C(F)(F)F)C1. The predicted molar refractivity (Wildman–Crippen MR) is 121 cm³/mol. The van der Waals surface area contributed by atoms with Gasteiger partial charge >= 0.3 is 6.18 Å². The monoisotopic (exact) mass is 478 g/mol. The summed E-state index contributed by atoms with van der Waals surface area (Å²) in [5, 5.41) is -0.884. The van der Waals surface area contributed by atoms with E-state index in [0.717, 1.165) is 44.2 Å². The molecule has 4 aliphatic rings. The Morgan fingerprint density at radius 1 is 0.906 bits per heavy atom. The topological polar surface area (TPSA) is 40.6 Å². The van der Waals surface area contributed by atoms with E-state index in [1.165, 1.54) is 38.6 Å². The van der Waals surface area contributed by atoms with E-state index in [0.29, 0.717) is 25.3 Å². The zero-order valence-electron chi connectivity index (χ0n) is 19.5. The van der Waals surface area contributed by atoms with Gasteiger partial charge < -0.3 is 0 Å². The van der Waals surface area contributed by atoms with E-state index in [-0.39, 0.29) is 18.9 Å². The number of hydrogen-bond donors (Lipinski definition) is 0. The molecule has 0 aromatic carbocycles. The van der Waals surface area contributed by atoms with Crippen molar-refractivity contribution in [2.75, 3.05) is 19.6 Å². The fourth-order valence-corrected chi connectivity index (χ4v) is 9.59. The summed E-state index contributed by atoms with van der Waals surface area (Å²) < 4.78 is 68.4. The summed E-state index contributed by atoms with van der Waals surface area (Å²) in [6, 6.07) is 0.663. The van der Waals surface area contributed by atoms with Crippen LogP contribution in [0, 0.1) is 17.8 Å². The molecule has 8 heteroatoms. The first-order chi connectivity index (χ1) is 15.2. The van der Waals surface area contributed by atoms with Gasteiger partial charge in [0.2, 0.25) is 10.0 Å². The van der Waals surface area contributed by atoms with Crippen molar-refractivity contribution in [1.82, 2.24) is 9.21 Å². The van der Waals surface area contributed by atoms with Gasteiger partial charge in [-0.1, -0.05) is 32.6 Å². The second-order valence-electron chi connectivity index (χ2n) is 10.9. The van der Waals surface area contributed by atoms with Gasteiger partial charge in [0.15, 0.2) is 0 Å². The van der Waals surface area contributed by atoms with Crippen molar-refractivity contribution in [3.8, 4) is 0 Å². The van der Waals surface area contributed by atoms with Crippen molar-refractivity contribution in [3.05, 3.63) is 0 Å². The first kappa shape index (κ1) is 24.8. The molecule has 0 spiro atoms. The van der Waals surface area contributed by atoms with Crippen LogP contribution in [0.4, 0.5) is 13.2 Å². The molecule has 32 heavy (non-hydrogen) atoms. The predicted octanol–water partition coefficient (Wildman–Crippen LogP) is 5.58. The molecule has 0 aromatic heterocycles. The number of hydrogen-bond acceptors (Lipinski definition) is 3. The van der Waals surface area contributed by atoms with Gasteiger partial charge in [0.25, 0.3) is 0 Å². The van der Waals surface area contributed by atoms with E-state index >= 15 is 0 Å². The normalized spacial score (nSPS) is 37.5. The summed E-state index contributed by atoms with van der Waals surface area (Å²) in [5.41, 5.74) is 0. The lowest BCUT2D eigenvalue weighted by molar-refractivity contribution is -0.181. The van der Waals surface area contributed by atoms with Crippen LogP contribution in [0.3, 0.4) is 0 Å². The van der Waals surface area contributed by atoms with Gasteiger partial charge in [-0.15, -0.1) is 0 Å². The van der Waals surface area contributed by atoms with E-state index in [2.05, 4.69) is 4.90 Å². The molecule has 4 nitrogen and oxygen atoms in total. The van der Waals surface area contributed by atoms with Crippen LogP contribution in [0.5, 0.6) is 0 Å². The highest BCUT2D eigenvalue weighted by Crippen LogP contribution is 2.42. The summed E-state index contributed by atoms with van der Waals surface area (Å²) in [6.45, 7) is 4.45. The molecule has 1 heterocycles. The molecule has 186 valence electrons. The molecule has 4 rings (SSSR count). The van der Waals surface area contributed by atoms with E-state index in [1.807, 2.05) is 6.92 Å². The van der Waals surface area contributed by atoms with E-state index in [4.69, 9.17) is 0 Å². The Bertz CT molecular complexity index is 729. The maximum absolute atomic E-state index is 13.5. The molecule has 1 saturated heterocycles. The average Bonchev–Trinajstić information content (AvgIpc) is 3.17. The number of fused-ring (bicyclic) bond motifs is 1. The van der Waals surface area contributed by atoms with Crippen molar-refractivity contribution >= 4 is 10.0 Å². The minimum atomic E-state index is -4.30. The quantitative estimate of drug-likeness (QED) is 0.500. The second kappa shape index (κ2) is 10.1. The summed E-state index contributed by atoms with van der Waals surface area (Å²) in [4.78, 5) is 2.68. The molecular weight excluding hydrogens is 437 g/mol. The molecule has 3 saturated carbocycles. The van der Waals surface area contributed by atoms with Crippen LogP contribution in [0.25, 0.3) is 0 Å². The highest BCUT2D eigenvalue weighted by Gasteiger charge is 2.47. The zero-order valence-corrected chi connectivity index (χ0v) is 20.3. The lowest BCUT2D eigenvalue weighted by Gasteiger charge is -2.41. The molecule has 3 aliphatic carbocycles. The Hall–Kier alpha value is -0.340. The molecule has 4 fully saturated rings. The third kappa shape index (κ3) is 5.32. The maximum atomic E-state index is 13.5. The van der Waals surface area contributed by atoms with Crippen molar-refractivity contribution in [2.24, 2.45) is 17.8 Å². The maximum Gasteiger partial charge on any atom is 0.391 e. The van der Waals surface area contributed by atoms with Gasteiger partial charge in [0.1, 0.15) is 0 Å². The number of rotatable bonds is 6. The molecular formula is C24H41F3N2O2S. The van der Waals surface area contributed by atoms with E-state index in [9.17, 15) is 21.6 Å². The Kier molecular flexibility index (Phi) is 7.82. The smallest absolute Gasteiger partial charge is 0.300 e. The molecule has 0 bridgehead atoms. The van der Waals surface area contributed by atoms with Crippen molar-refractivity contribution in [2.45, 2.75) is 114 Å². The molecule has 0 aromatic rings. The van der Waals surface area contributed by atoms with Crippen LogP contribution in [-0.2, 0) is 10.0 Å². The first-order valence-corrected chi connectivity index (χ1v) is 14.5. The minimum Gasteiger partial charge on any atom is -0.300 e. The zero-order chi connectivity index (χ0) is 22.9. The standard InChI is InChI=1S/C24H41F3N2O2S/c1-2-29(32(30,31)22-11-6-9-20(16-22)24(25,26)27)21-10-5-7-18(15-21)17-28-14-13-19-8-3-4-12-23(19)28/h18-23H,2-17H2,1H3. The van der Waals surface area contributed by atoms with Gasteiger partial charge in [-0.2, -0.15) is 17.5 Å². The average molecular weight is 479 g/mol. The van der Waals surface area contributed by atoms with Crippen molar-refractivity contribution < 1.29 is 21.6 Å². The highest BCUT2D eigenvalue weighted by atomic mass is 32.2. The third-order valence-electron chi connectivity index (χ3n) is 8.93. The van der Waals surface area contributed by atoms with Crippen molar-refractivity contribution in [1.29, 1.82) is 0 Å². The molecule has 0 amide bonds. The lowest BCUT2D eigenvalue weighted by atomic mass is 9.83. The number of nitrogens with zero attached hydrogens (tertiary/aromatic N) is 2. The van der Waals surface area contributed by atoms with Crippen LogP contribution in [-0.4, -0.2) is 60.8 Å². The van der Waals surface area contributed by atoms with Crippen LogP contribution in [0.2, 0.25) is 0 Å². The number of likely N-dealkylation sites (tertiary alicyclic amines) is 1. The van der Waals surface area contributed by atoms with Gasteiger partial charge in [-0.05, 0) is 76.2 Å². The van der Waals surface area contributed by atoms with Crippen molar-refractivity contribution in [3.63, 3.8) is 0 Å². The summed E-state index contributed by atoms with van der Waals surface area (Å²) in [7, 11) is -3.72. The van der Waals surface area contributed by atoms with Gasteiger partial charge in [-0.25, -0.2) is 8.42 Å².